The molecule has 3 heterocycles. The summed E-state index contributed by atoms with van der Waals surface area (Å²) < 4.78 is 33.6. The van der Waals surface area contributed by atoms with Crippen molar-refractivity contribution in [3.63, 3.8) is 0 Å². The number of carbonyl (C=O) groups excluding carboxylic acids is 1. The third-order valence-corrected chi connectivity index (χ3v) is 6.60. The second-order valence-corrected chi connectivity index (χ2v) is 9.01. The van der Waals surface area contributed by atoms with E-state index in [9.17, 15) is 18.4 Å². The molecule has 0 spiro atoms. The monoisotopic (exact) mass is 471 g/mol. The first kappa shape index (κ1) is 21.6. The summed E-state index contributed by atoms with van der Waals surface area (Å²) in [5.74, 6) is -4.17. The highest BCUT2D eigenvalue weighted by Crippen LogP contribution is 2.45. The first-order chi connectivity index (χ1) is 15.5. The number of H-pyrrole nitrogens is 1. The largest absolute Gasteiger partial charge is 0.417 e. The molecule has 1 aromatic heterocycles. The van der Waals surface area contributed by atoms with E-state index in [0.717, 1.165) is 18.1 Å². The van der Waals surface area contributed by atoms with Crippen LogP contribution in [0.25, 0.3) is 11.1 Å². The van der Waals surface area contributed by atoms with E-state index in [0.29, 0.717) is 44.1 Å². The molecule has 2 aliphatic rings. The lowest BCUT2D eigenvalue weighted by molar-refractivity contribution is -0.132. The fraction of sp³-hybridized carbons (Fsp3) is 0.292. The van der Waals surface area contributed by atoms with Crippen molar-refractivity contribution in [3.05, 3.63) is 79.3 Å². The van der Waals surface area contributed by atoms with E-state index in [1.807, 2.05) is 26.0 Å². The number of hydrogen-bond acceptors (Lipinski definition) is 4. The van der Waals surface area contributed by atoms with Gasteiger partial charge < -0.3 is 9.32 Å². The zero-order valence-electron chi connectivity index (χ0n) is 18.1. The maximum absolute atomic E-state index is 14.1. The van der Waals surface area contributed by atoms with E-state index in [4.69, 9.17) is 16.0 Å². The molecule has 0 saturated heterocycles. The summed E-state index contributed by atoms with van der Waals surface area (Å²) in [6.45, 7) is 3.80. The maximum Gasteiger partial charge on any atom is 0.417 e. The molecule has 3 aromatic rings. The van der Waals surface area contributed by atoms with Crippen LogP contribution in [-0.2, 0) is 4.79 Å². The van der Waals surface area contributed by atoms with Crippen LogP contribution < -0.4 is 5.76 Å². The number of fused-ring (bicyclic) bond motifs is 1. The summed E-state index contributed by atoms with van der Waals surface area (Å²) in [5.41, 5.74) is 4.97. The lowest BCUT2D eigenvalue weighted by atomic mass is 9.90. The first-order valence-corrected chi connectivity index (χ1v) is 10.8. The first-order valence-electron chi connectivity index (χ1n) is 10.4. The Kier molecular flexibility index (Phi) is 4.83. The van der Waals surface area contributed by atoms with Gasteiger partial charge in [-0.3, -0.25) is 14.8 Å². The fourth-order valence-corrected chi connectivity index (χ4v) is 4.84. The van der Waals surface area contributed by atoms with Crippen molar-refractivity contribution in [2.24, 2.45) is 4.99 Å². The number of benzene rings is 2. The van der Waals surface area contributed by atoms with Gasteiger partial charge in [0.2, 0.25) is 0 Å². The quantitative estimate of drug-likeness (QED) is 0.597. The SMILES string of the molecule is Cc1cc(C2C3=C(CN=C3c3cccc4[nH]c(=O)oc34)C(=O)N2CC(C)(F)F)cc(C)c1Cl. The summed E-state index contributed by atoms with van der Waals surface area (Å²) in [4.78, 5) is 33.5. The van der Waals surface area contributed by atoms with Gasteiger partial charge in [-0.25, -0.2) is 13.6 Å². The Balaban J connectivity index is 1.71. The molecular weight excluding hydrogens is 452 g/mol. The van der Waals surface area contributed by atoms with Crippen LogP contribution in [0, 0.1) is 13.8 Å². The van der Waals surface area contributed by atoms with Crippen molar-refractivity contribution < 1.29 is 18.0 Å². The van der Waals surface area contributed by atoms with Gasteiger partial charge >= 0.3 is 5.76 Å². The van der Waals surface area contributed by atoms with E-state index in [1.165, 1.54) is 4.90 Å². The van der Waals surface area contributed by atoms with Crippen LogP contribution in [-0.4, -0.2) is 40.5 Å². The van der Waals surface area contributed by atoms with E-state index >= 15 is 0 Å². The van der Waals surface area contributed by atoms with Gasteiger partial charge in [0.1, 0.15) is 0 Å². The zero-order chi connectivity index (χ0) is 23.7. The molecular formula is C24H20ClF2N3O3. The van der Waals surface area contributed by atoms with E-state index < -0.39 is 30.2 Å². The number of aromatic nitrogens is 1. The normalized spacial score (nSPS) is 18.5. The Labute approximate surface area is 192 Å². The molecule has 0 saturated carbocycles. The predicted octanol–water partition coefficient (Wildman–Crippen LogP) is 4.73. The number of rotatable bonds is 4. The minimum atomic E-state index is -3.09. The van der Waals surface area contributed by atoms with Crippen LogP contribution in [0.15, 0.2) is 55.7 Å². The molecule has 5 rings (SSSR count). The Morgan fingerprint density at radius 1 is 1.24 bits per heavy atom. The standard InChI is InChI=1S/C24H20ClF2N3O3/c1-11-7-13(8-12(2)18(11)25)20-17-15(22(31)30(20)10-24(3,26)27)9-28-19(17)14-5-4-6-16-21(14)33-23(32)29-16/h4-8,20H,9-10H2,1-3H3,(H,29,32). The summed E-state index contributed by atoms with van der Waals surface area (Å²) in [6.07, 6.45) is 0. The number of oxazole rings is 1. The highest BCUT2D eigenvalue weighted by atomic mass is 35.5. The zero-order valence-corrected chi connectivity index (χ0v) is 18.9. The number of aliphatic imine (C=N–C) groups is 1. The molecule has 0 radical (unpaired) electrons. The smallest absolute Gasteiger partial charge is 0.407 e. The number of carbonyl (C=O) groups is 1. The van der Waals surface area contributed by atoms with E-state index in [2.05, 4.69) is 9.98 Å². The van der Waals surface area contributed by atoms with Crippen LogP contribution in [0.2, 0.25) is 5.02 Å². The molecule has 1 amide bonds. The lowest BCUT2D eigenvalue weighted by Crippen LogP contribution is -2.40. The highest BCUT2D eigenvalue weighted by Gasteiger charge is 2.47. The molecule has 2 aliphatic heterocycles. The molecule has 170 valence electrons. The van der Waals surface area contributed by atoms with Gasteiger partial charge in [0, 0.05) is 28.7 Å². The van der Waals surface area contributed by atoms with Crippen molar-refractivity contribution in [2.45, 2.75) is 32.7 Å². The summed E-state index contributed by atoms with van der Waals surface area (Å²) in [7, 11) is 0. The molecule has 6 nitrogen and oxygen atoms in total. The van der Waals surface area contributed by atoms with Crippen molar-refractivity contribution in [1.29, 1.82) is 0 Å². The van der Waals surface area contributed by atoms with Gasteiger partial charge in [0.25, 0.3) is 11.8 Å². The molecule has 0 fully saturated rings. The number of para-hydroxylation sites is 1. The van der Waals surface area contributed by atoms with Gasteiger partial charge in [-0.1, -0.05) is 29.8 Å². The number of aromatic amines is 1. The molecule has 1 unspecified atom stereocenters. The average molecular weight is 472 g/mol. The minimum Gasteiger partial charge on any atom is -0.407 e. The van der Waals surface area contributed by atoms with Gasteiger partial charge in [0.15, 0.2) is 5.58 Å². The predicted molar refractivity (Wildman–Crippen MR) is 121 cm³/mol. The average Bonchev–Trinajstić information content (AvgIpc) is 3.38. The van der Waals surface area contributed by atoms with Crippen LogP contribution in [0.3, 0.4) is 0 Å². The second kappa shape index (κ2) is 7.38. The number of alkyl halides is 2. The number of amides is 1. The third-order valence-electron chi connectivity index (χ3n) is 6.00. The lowest BCUT2D eigenvalue weighted by Gasteiger charge is -2.31. The van der Waals surface area contributed by atoms with Crippen molar-refractivity contribution in [3.8, 4) is 0 Å². The van der Waals surface area contributed by atoms with Crippen LogP contribution in [0.5, 0.6) is 0 Å². The summed E-state index contributed by atoms with van der Waals surface area (Å²) in [6, 6.07) is 8.04. The molecule has 1 atom stereocenters. The number of halogens is 3. The van der Waals surface area contributed by atoms with Gasteiger partial charge in [0.05, 0.1) is 30.4 Å². The maximum atomic E-state index is 14.1. The van der Waals surface area contributed by atoms with Crippen LogP contribution >= 0.6 is 11.6 Å². The van der Waals surface area contributed by atoms with Gasteiger partial charge in [-0.2, -0.15) is 0 Å². The number of hydrogen-bond donors (Lipinski definition) is 1. The molecule has 33 heavy (non-hydrogen) atoms. The van der Waals surface area contributed by atoms with Crippen molar-refractivity contribution >= 4 is 34.3 Å². The fourth-order valence-electron chi connectivity index (χ4n) is 4.73. The summed E-state index contributed by atoms with van der Waals surface area (Å²) in [5, 5.41) is 0.587. The molecule has 0 aliphatic carbocycles. The number of aryl methyl sites for hydroxylation is 2. The number of nitrogens with one attached hydrogen (secondary N) is 1. The van der Waals surface area contributed by atoms with Gasteiger partial charge in [-0.05, 0) is 42.7 Å². The Hall–Kier alpha value is -3.26. The van der Waals surface area contributed by atoms with Crippen molar-refractivity contribution in [1.82, 2.24) is 9.88 Å². The molecule has 0 bridgehead atoms. The Morgan fingerprint density at radius 2 is 1.94 bits per heavy atom. The minimum absolute atomic E-state index is 0.0718. The van der Waals surface area contributed by atoms with E-state index in [-0.39, 0.29) is 6.54 Å². The van der Waals surface area contributed by atoms with Crippen LogP contribution in [0.1, 0.15) is 35.2 Å². The second-order valence-electron chi connectivity index (χ2n) is 8.63. The molecule has 1 N–H and O–H groups in total. The summed E-state index contributed by atoms with van der Waals surface area (Å²) >= 11 is 6.35. The molecule has 9 heteroatoms. The number of nitrogens with zero attached hydrogens (tertiary/aromatic N) is 2. The Morgan fingerprint density at radius 3 is 2.61 bits per heavy atom. The van der Waals surface area contributed by atoms with E-state index in [1.54, 1.807) is 18.2 Å². The topological polar surface area (TPSA) is 78.7 Å². The third kappa shape index (κ3) is 3.49. The van der Waals surface area contributed by atoms with Gasteiger partial charge in [-0.15, -0.1) is 0 Å². The highest BCUT2D eigenvalue weighted by molar-refractivity contribution is 6.32. The van der Waals surface area contributed by atoms with Crippen molar-refractivity contribution in [2.75, 3.05) is 13.1 Å². The van der Waals surface area contributed by atoms with Crippen LogP contribution in [0.4, 0.5) is 8.78 Å². The Bertz CT molecular complexity index is 1420. The molecule has 2 aromatic carbocycles.